The van der Waals surface area contributed by atoms with Crippen LogP contribution >= 0.6 is 0 Å². The Morgan fingerprint density at radius 1 is 1.10 bits per heavy atom. The Morgan fingerprint density at radius 2 is 1.87 bits per heavy atom. The van der Waals surface area contributed by atoms with Crippen molar-refractivity contribution < 1.29 is 12.8 Å². The monoisotopic (exact) mass is 430 g/mol. The van der Waals surface area contributed by atoms with Gasteiger partial charge in [0, 0.05) is 25.3 Å². The molecule has 30 heavy (non-hydrogen) atoms. The molecule has 0 amide bonds. The van der Waals surface area contributed by atoms with Crippen LogP contribution in [0.3, 0.4) is 0 Å². The highest BCUT2D eigenvalue weighted by molar-refractivity contribution is 7.89. The van der Waals surface area contributed by atoms with Gasteiger partial charge >= 0.3 is 0 Å². The van der Waals surface area contributed by atoms with Gasteiger partial charge < -0.3 is 9.88 Å². The van der Waals surface area contributed by atoms with Gasteiger partial charge in [-0.15, -0.1) is 0 Å². The Balaban J connectivity index is 1.63. The molecule has 1 aromatic heterocycles. The number of nitrogens with one attached hydrogen (secondary N) is 1. The van der Waals surface area contributed by atoms with Gasteiger partial charge in [-0.25, -0.2) is 17.8 Å². The van der Waals surface area contributed by atoms with Crippen molar-refractivity contribution in [2.45, 2.75) is 51.1 Å². The minimum atomic E-state index is -3.50. The number of nitrogens with zero attached hydrogens (tertiary/aromatic N) is 3. The van der Waals surface area contributed by atoms with Crippen molar-refractivity contribution in [3.05, 3.63) is 53.6 Å². The second-order valence-electron chi connectivity index (χ2n) is 7.70. The van der Waals surface area contributed by atoms with E-state index in [1.54, 1.807) is 22.5 Å². The first-order valence-corrected chi connectivity index (χ1v) is 11.8. The van der Waals surface area contributed by atoms with Crippen LogP contribution in [-0.2, 0) is 23.1 Å². The third-order valence-corrected chi connectivity index (χ3v) is 7.59. The maximum absolute atomic E-state index is 13.3. The number of rotatable bonds is 6. The largest absolute Gasteiger partial charge is 0.378 e. The number of piperidine rings is 1. The van der Waals surface area contributed by atoms with E-state index in [0.717, 1.165) is 41.9 Å². The van der Waals surface area contributed by atoms with E-state index in [1.807, 2.05) is 19.9 Å². The number of aryl methyl sites for hydroxylation is 2. The predicted molar refractivity (Wildman–Crippen MR) is 116 cm³/mol. The van der Waals surface area contributed by atoms with Crippen molar-refractivity contribution in [2.75, 3.05) is 18.4 Å². The van der Waals surface area contributed by atoms with Gasteiger partial charge in [-0.1, -0.05) is 6.42 Å². The minimum absolute atomic E-state index is 0.263. The lowest BCUT2D eigenvalue weighted by Gasteiger charge is -2.25. The molecule has 3 aromatic rings. The average molecular weight is 431 g/mol. The summed E-state index contributed by atoms with van der Waals surface area (Å²) < 4.78 is 43.0. The molecule has 2 aromatic carbocycles. The van der Waals surface area contributed by atoms with E-state index >= 15 is 0 Å². The number of hydrogen-bond acceptors (Lipinski definition) is 4. The summed E-state index contributed by atoms with van der Waals surface area (Å²) in [5.41, 5.74) is 3.24. The molecule has 6 nitrogen and oxygen atoms in total. The van der Waals surface area contributed by atoms with Crippen molar-refractivity contribution in [2.24, 2.45) is 0 Å². The van der Waals surface area contributed by atoms with E-state index < -0.39 is 10.0 Å². The SMILES string of the molecule is CCn1c(CNc2ccc(F)cc2C)nc2cc(S(=O)(=O)N3CCCCC3)ccc21. The molecule has 0 unspecified atom stereocenters. The summed E-state index contributed by atoms with van der Waals surface area (Å²) in [5.74, 6) is 0.546. The Bertz CT molecular complexity index is 1170. The topological polar surface area (TPSA) is 67.2 Å². The lowest BCUT2D eigenvalue weighted by Crippen LogP contribution is -2.35. The van der Waals surface area contributed by atoms with Gasteiger partial charge in [0.2, 0.25) is 10.0 Å². The summed E-state index contributed by atoms with van der Waals surface area (Å²) in [4.78, 5) is 5.01. The Hall–Kier alpha value is -2.45. The fraction of sp³-hybridized carbons (Fsp3) is 0.409. The highest BCUT2D eigenvalue weighted by Gasteiger charge is 2.26. The summed E-state index contributed by atoms with van der Waals surface area (Å²) in [6.45, 7) is 6.22. The molecule has 4 rings (SSSR count). The van der Waals surface area contributed by atoms with E-state index in [2.05, 4.69) is 9.88 Å². The van der Waals surface area contributed by atoms with Crippen LogP contribution in [0.4, 0.5) is 10.1 Å². The molecular weight excluding hydrogens is 403 g/mol. The van der Waals surface area contributed by atoms with Gasteiger partial charge in [0.05, 0.1) is 22.5 Å². The van der Waals surface area contributed by atoms with Crippen molar-refractivity contribution in [1.82, 2.24) is 13.9 Å². The van der Waals surface area contributed by atoms with E-state index in [0.29, 0.717) is 36.6 Å². The summed E-state index contributed by atoms with van der Waals surface area (Å²) >= 11 is 0. The van der Waals surface area contributed by atoms with Crippen molar-refractivity contribution in [3.8, 4) is 0 Å². The zero-order chi connectivity index (χ0) is 21.3. The van der Waals surface area contributed by atoms with Crippen molar-refractivity contribution in [1.29, 1.82) is 0 Å². The summed E-state index contributed by atoms with van der Waals surface area (Å²) in [7, 11) is -3.50. The van der Waals surface area contributed by atoms with Crippen LogP contribution in [0, 0.1) is 12.7 Å². The maximum atomic E-state index is 13.3. The molecule has 1 N–H and O–H groups in total. The molecule has 0 atom stereocenters. The number of aromatic nitrogens is 2. The standard InChI is InChI=1S/C22H27FN4O2S/c1-3-27-21-10-8-18(30(28,29)26-11-5-4-6-12-26)14-20(21)25-22(27)15-24-19-9-7-17(23)13-16(19)2/h7-10,13-14,24H,3-6,11-12,15H2,1-2H3. The molecule has 160 valence electrons. The number of imidazole rings is 1. The van der Waals surface area contributed by atoms with Crippen molar-refractivity contribution >= 4 is 26.7 Å². The summed E-state index contributed by atoms with van der Waals surface area (Å²) in [6, 6.07) is 9.83. The normalized spacial score (nSPS) is 15.6. The molecule has 0 spiro atoms. The van der Waals surface area contributed by atoms with Gasteiger partial charge in [0.1, 0.15) is 11.6 Å². The molecule has 1 aliphatic heterocycles. The maximum Gasteiger partial charge on any atom is 0.243 e. The molecule has 0 bridgehead atoms. The van der Waals surface area contributed by atoms with Gasteiger partial charge in [0.25, 0.3) is 0 Å². The van der Waals surface area contributed by atoms with Crippen LogP contribution in [0.2, 0.25) is 0 Å². The molecule has 1 saturated heterocycles. The predicted octanol–water partition coefficient (Wildman–Crippen LogP) is 4.29. The van der Waals surface area contributed by atoms with Gasteiger partial charge in [-0.2, -0.15) is 4.31 Å². The third kappa shape index (κ3) is 3.94. The van der Waals surface area contributed by atoms with Crippen LogP contribution in [0.5, 0.6) is 0 Å². The molecule has 8 heteroatoms. The fourth-order valence-corrected chi connectivity index (χ4v) is 5.60. The highest BCUT2D eigenvalue weighted by Crippen LogP contribution is 2.25. The van der Waals surface area contributed by atoms with Crippen LogP contribution in [-0.4, -0.2) is 35.4 Å². The summed E-state index contributed by atoms with van der Waals surface area (Å²) in [6.07, 6.45) is 2.89. The Labute approximate surface area is 176 Å². The molecule has 2 heterocycles. The van der Waals surface area contributed by atoms with E-state index in [-0.39, 0.29) is 5.82 Å². The Morgan fingerprint density at radius 3 is 2.57 bits per heavy atom. The number of anilines is 1. The zero-order valence-electron chi connectivity index (χ0n) is 17.4. The lowest BCUT2D eigenvalue weighted by atomic mass is 10.2. The lowest BCUT2D eigenvalue weighted by molar-refractivity contribution is 0.346. The van der Waals surface area contributed by atoms with Crippen molar-refractivity contribution in [3.63, 3.8) is 0 Å². The first-order chi connectivity index (χ1) is 14.4. The van der Waals surface area contributed by atoms with Crippen LogP contribution in [0.1, 0.15) is 37.6 Å². The number of hydrogen-bond donors (Lipinski definition) is 1. The number of sulfonamides is 1. The quantitative estimate of drug-likeness (QED) is 0.634. The van der Waals surface area contributed by atoms with E-state index in [9.17, 15) is 12.8 Å². The number of halogens is 1. The smallest absolute Gasteiger partial charge is 0.243 e. The highest BCUT2D eigenvalue weighted by atomic mass is 32.2. The first-order valence-electron chi connectivity index (χ1n) is 10.4. The average Bonchev–Trinajstić information content (AvgIpc) is 3.10. The second-order valence-corrected chi connectivity index (χ2v) is 9.64. The molecule has 0 radical (unpaired) electrons. The number of fused-ring (bicyclic) bond motifs is 1. The molecule has 0 saturated carbocycles. The van der Waals surface area contributed by atoms with Crippen LogP contribution < -0.4 is 5.32 Å². The van der Waals surface area contributed by atoms with E-state index in [4.69, 9.17) is 4.98 Å². The van der Waals surface area contributed by atoms with Gasteiger partial charge in [-0.05, 0) is 68.7 Å². The molecule has 0 aliphatic carbocycles. The third-order valence-electron chi connectivity index (χ3n) is 5.69. The van der Waals surface area contributed by atoms with Gasteiger partial charge in [-0.3, -0.25) is 0 Å². The fourth-order valence-electron chi connectivity index (χ4n) is 4.06. The molecule has 1 fully saturated rings. The minimum Gasteiger partial charge on any atom is -0.378 e. The van der Waals surface area contributed by atoms with E-state index in [1.165, 1.54) is 12.1 Å². The van der Waals surface area contributed by atoms with Crippen LogP contribution in [0.25, 0.3) is 11.0 Å². The molecular formula is C22H27FN4O2S. The first kappa shape index (κ1) is 20.8. The zero-order valence-corrected chi connectivity index (χ0v) is 18.2. The van der Waals surface area contributed by atoms with Crippen LogP contribution in [0.15, 0.2) is 41.3 Å². The Kier molecular flexibility index (Phi) is 5.79. The van der Waals surface area contributed by atoms with Gasteiger partial charge in [0.15, 0.2) is 0 Å². The summed E-state index contributed by atoms with van der Waals surface area (Å²) in [5, 5.41) is 3.31. The molecule has 1 aliphatic rings. The second kappa shape index (κ2) is 8.35. The number of benzene rings is 2.